The number of methoxy groups -OCH3 is 1. The lowest BCUT2D eigenvalue weighted by Crippen LogP contribution is -2.36. The fourth-order valence-electron chi connectivity index (χ4n) is 2.93. The van der Waals surface area contributed by atoms with Crippen molar-refractivity contribution in [2.75, 3.05) is 24.3 Å². The first kappa shape index (κ1) is 17.1. The van der Waals surface area contributed by atoms with E-state index < -0.39 is 0 Å². The third-order valence-electron chi connectivity index (χ3n) is 4.16. The van der Waals surface area contributed by atoms with E-state index >= 15 is 0 Å². The zero-order valence-corrected chi connectivity index (χ0v) is 15.8. The maximum absolute atomic E-state index is 12.7. The second kappa shape index (κ2) is 7.51. The molecule has 0 fully saturated rings. The van der Waals surface area contributed by atoms with Crippen molar-refractivity contribution < 1.29 is 13.9 Å². The first-order valence-corrected chi connectivity index (χ1v) is 10.1. The maximum Gasteiger partial charge on any atom is 0.277 e. The van der Waals surface area contributed by atoms with Crippen LogP contribution < -0.4 is 9.64 Å². The summed E-state index contributed by atoms with van der Waals surface area (Å²) in [5.74, 6) is 1.61. The molecule has 8 heteroatoms. The first-order valence-electron chi connectivity index (χ1n) is 8.22. The Morgan fingerprint density at radius 3 is 3.12 bits per heavy atom. The molecule has 4 rings (SSSR count). The highest BCUT2D eigenvalue weighted by Crippen LogP contribution is 2.32. The molecule has 6 nitrogen and oxygen atoms in total. The highest BCUT2D eigenvalue weighted by Gasteiger charge is 2.23. The average molecular weight is 387 g/mol. The molecule has 2 aromatic heterocycles. The van der Waals surface area contributed by atoms with Crippen molar-refractivity contribution in [2.45, 2.75) is 18.1 Å². The number of carbonyl (C=O) groups is 1. The largest absolute Gasteiger partial charge is 0.497 e. The number of thiophene rings is 1. The molecule has 0 saturated heterocycles. The minimum atomic E-state index is 0.0389. The number of amides is 1. The highest BCUT2D eigenvalue weighted by molar-refractivity contribution is 7.99. The molecular weight excluding hydrogens is 370 g/mol. The van der Waals surface area contributed by atoms with E-state index in [1.165, 1.54) is 11.8 Å². The molecule has 0 saturated carbocycles. The molecule has 0 atom stereocenters. The molecule has 0 unspecified atom stereocenters. The quantitative estimate of drug-likeness (QED) is 0.619. The molecular formula is C18H17N3O3S2. The van der Waals surface area contributed by atoms with Crippen molar-refractivity contribution in [3.8, 4) is 16.5 Å². The lowest BCUT2D eigenvalue weighted by Gasteiger charge is -2.29. The summed E-state index contributed by atoms with van der Waals surface area (Å²) in [5.41, 5.74) is 2.11. The summed E-state index contributed by atoms with van der Waals surface area (Å²) < 4.78 is 10.9. The lowest BCUT2D eigenvalue weighted by atomic mass is 10.0. The second-order valence-electron chi connectivity index (χ2n) is 5.78. The number of aryl methyl sites for hydroxylation is 1. The Labute approximate surface area is 159 Å². The summed E-state index contributed by atoms with van der Waals surface area (Å²) in [6, 6.07) is 9.72. The Hall–Kier alpha value is -2.32. The fourth-order valence-corrected chi connectivity index (χ4v) is 4.21. The number of benzene rings is 1. The number of carbonyl (C=O) groups excluding carboxylic acids is 1. The van der Waals surface area contributed by atoms with Gasteiger partial charge in [0.2, 0.25) is 5.91 Å². The van der Waals surface area contributed by atoms with Crippen LogP contribution in [-0.4, -0.2) is 35.5 Å². The first-order chi connectivity index (χ1) is 12.7. The van der Waals surface area contributed by atoms with Crippen molar-refractivity contribution in [1.29, 1.82) is 0 Å². The van der Waals surface area contributed by atoms with Gasteiger partial charge in [-0.05, 0) is 48.1 Å². The van der Waals surface area contributed by atoms with E-state index in [1.807, 2.05) is 40.6 Å². The standard InChI is InChI=1S/C18H17N3O3S2/c1-23-13-6-7-14-12(10-13)4-2-8-21(14)16(22)11-26-18-20-19-17(24-18)15-5-3-9-25-15/h3,5-7,9-10H,2,4,8,11H2,1H3. The monoisotopic (exact) mass is 387 g/mol. The van der Waals surface area contributed by atoms with E-state index in [1.54, 1.807) is 18.4 Å². The number of fused-ring (bicyclic) bond motifs is 1. The molecule has 0 spiro atoms. The van der Waals surface area contributed by atoms with Gasteiger partial charge < -0.3 is 14.1 Å². The van der Waals surface area contributed by atoms with Crippen LogP contribution in [0.5, 0.6) is 5.75 Å². The molecule has 1 aliphatic rings. The van der Waals surface area contributed by atoms with Crippen molar-refractivity contribution in [2.24, 2.45) is 0 Å². The maximum atomic E-state index is 12.7. The Morgan fingerprint density at radius 1 is 1.38 bits per heavy atom. The van der Waals surface area contributed by atoms with Gasteiger partial charge in [0.25, 0.3) is 11.1 Å². The van der Waals surface area contributed by atoms with Crippen LogP contribution >= 0.6 is 23.1 Å². The molecule has 0 bridgehead atoms. The van der Waals surface area contributed by atoms with Gasteiger partial charge in [0, 0.05) is 12.2 Å². The van der Waals surface area contributed by atoms with Gasteiger partial charge in [-0.1, -0.05) is 17.8 Å². The van der Waals surface area contributed by atoms with E-state index in [2.05, 4.69) is 10.2 Å². The summed E-state index contributed by atoms with van der Waals surface area (Å²) in [5, 5.41) is 10.4. The van der Waals surface area contributed by atoms with E-state index in [-0.39, 0.29) is 11.7 Å². The Bertz CT molecular complexity index is 908. The molecule has 3 aromatic rings. The second-order valence-corrected chi connectivity index (χ2v) is 7.66. The van der Waals surface area contributed by atoms with Gasteiger partial charge in [-0.3, -0.25) is 4.79 Å². The van der Waals surface area contributed by atoms with E-state index in [0.717, 1.165) is 41.3 Å². The van der Waals surface area contributed by atoms with Gasteiger partial charge in [-0.25, -0.2) is 0 Å². The number of hydrogen-bond acceptors (Lipinski definition) is 7. The van der Waals surface area contributed by atoms with E-state index in [4.69, 9.17) is 9.15 Å². The number of nitrogens with zero attached hydrogens (tertiary/aromatic N) is 3. The molecule has 0 radical (unpaired) electrons. The van der Waals surface area contributed by atoms with Crippen LogP contribution in [0.4, 0.5) is 5.69 Å². The summed E-state index contributed by atoms with van der Waals surface area (Å²) in [7, 11) is 1.65. The Morgan fingerprint density at radius 2 is 2.31 bits per heavy atom. The summed E-state index contributed by atoms with van der Waals surface area (Å²) in [6.07, 6.45) is 1.90. The predicted molar refractivity (Wildman–Crippen MR) is 102 cm³/mol. The summed E-state index contributed by atoms with van der Waals surface area (Å²) in [6.45, 7) is 0.725. The molecule has 3 heterocycles. The lowest BCUT2D eigenvalue weighted by molar-refractivity contribution is -0.116. The molecule has 1 aromatic carbocycles. The van der Waals surface area contributed by atoms with Crippen LogP contribution in [0.1, 0.15) is 12.0 Å². The molecule has 1 amide bonds. The van der Waals surface area contributed by atoms with Crippen LogP contribution in [0.2, 0.25) is 0 Å². The normalized spacial score (nSPS) is 13.5. The van der Waals surface area contributed by atoms with E-state index in [9.17, 15) is 4.79 Å². The smallest absolute Gasteiger partial charge is 0.277 e. The molecule has 26 heavy (non-hydrogen) atoms. The molecule has 134 valence electrons. The van der Waals surface area contributed by atoms with Crippen molar-refractivity contribution in [3.63, 3.8) is 0 Å². The van der Waals surface area contributed by atoms with Crippen LogP contribution in [0.25, 0.3) is 10.8 Å². The molecule has 0 aliphatic carbocycles. The molecule has 1 aliphatic heterocycles. The van der Waals surface area contributed by atoms with Crippen molar-refractivity contribution >= 4 is 34.7 Å². The zero-order valence-electron chi connectivity index (χ0n) is 14.2. The van der Waals surface area contributed by atoms with Gasteiger partial charge in [0.1, 0.15) is 5.75 Å². The van der Waals surface area contributed by atoms with Crippen LogP contribution in [0.3, 0.4) is 0 Å². The van der Waals surface area contributed by atoms with Gasteiger partial charge in [0.15, 0.2) is 0 Å². The topological polar surface area (TPSA) is 68.5 Å². The average Bonchev–Trinajstić information content (AvgIpc) is 3.36. The van der Waals surface area contributed by atoms with Crippen LogP contribution in [-0.2, 0) is 11.2 Å². The zero-order chi connectivity index (χ0) is 17.9. The minimum Gasteiger partial charge on any atom is -0.497 e. The summed E-state index contributed by atoms with van der Waals surface area (Å²) in [4.78, 5) is 15.5. The third kappa shape index (κ3) is 3.47. The number of rotatable bonds is 5. The fraction of sp³-hybridized carbons (Fsp3) is 0.278. The SMILES string of the molecule is COc1ccc2c(c1)CCCN2C(=O)CSc1nnc(-c2cccs2)o1. The Kier molecular flexibility index (Phi) is 4.94. The van der Waals surface area contributed by atoms with Crippen LogP contribution in [0.15, 0.2) is 45.4 Å². The summed E-state index contributed by atoms with van der Waals surface area (Å²) >= 11 is 2.81. The number of hydrogen-bond donors (Lipinski definition) is 0. The van der Waals surface area contributed by atoms with Gasteiger partial charge in [-0.2, -0.15) is 0 Å². The number of aromatic nitrogens is 2. The van der Waals surface area contributed by atoms with Gasteiger partial charge in [0.05, 0.1) is 17.7 Å². The van der Waals surface area contributed by atoms with Crippen LogP contribution in [0, 0.1) is 0 Å². The predicted octanol–water partition coefficient (Wildman–Crippen LogP) is 3.88. The minimum absolute atomic E-state index is 0.0389. The molecule has 0 N–H and O–H groups in total. The van der Waals surface area contributed by atoms with E-state index in [0.29, 0.717) is 11.1 Å². The third-order valence-corrected chi connectivity index (χ3v) is 5.82. The van der Waals surface area contributed by atoms with Crippen molar-refractivity contribution in [1.82, 2.24) is 10.2 Å². The van der Waals surface area contributed by atoms with Gasteiger partial charge in [-0.15, -0.1) is 21.5 Å². The number of thioether (sulfide) groups is 1. The number of ether oxygens (including phenoxy) is 1. The van der Waals surface area contributed by atoms with Crippen molar-refractivity contribution in [3.05, 3.63) is 41.3 Å². The highest BCUT2D eigenvalue weighted by atomic mass is 32.2. The number of anilines is 1. The van der Waals surface area contributed by atoms with Gasteiger partial charge >= 0.3 is 0 Å². The Balaban J connectivity index is 1.43.